The third kappa shape index (κ3) is 4.63. The van der Waals surface area contributed by atoms with Crippen LogP contribution in [0.1, 0.15) is 28.4 Å². The normalized spacial score (nSPS) is 15.3. The zero-order valence-corrected chi connectivity index (χ0v) is 19.4. The molecular weight excluding hydrogens is 447 g/mol. The fourth-order valence-electron chi connectivity index (χ4n) is 4.51. The minimum absolute atomic E-state index is 0.108. The Balaban J connectivity index is 1.25. The van der Waals surface area contributed by atoms with E-state index in [1.54, 1.807) is 30.2 Å². The number of benzene rings is 1. The number of H-pyrrole nitrogens is 1. The highest BCUT2D eigenvalue weighted by atomic mass is 19.1. The van der Waals surface area contributed by atoms with Crippen LogP contribution in [0.2, 0.25) is 0 Å². The Hall–Kier alpha value is -4.10. The average Bonchev–Trinajstić information content (AvgIpc) is 3.54. The van der Waals surface area contributed by atoms with Gasteiger partial charge in [-0.2, -0.15) is 10.4 Å². The monoisotopic (exact) mass is 472 g/mol. The van der Waals surface area contributed by atoms with Crippen LogP contribution in [-0.4, -0.2) is 73.2 Å². The van der Waals surface area contributed by atoms with Gasteiger partial charge in [-0.25, -0.2) is 14.4 Å². The van der Waals surface area contributed by atoms with Crippen LogP contribution in [0.25, 0.3) is 22.3 Å². The van der Waals surface area contributed by atoms with Gasteiger partial charge in [0, 0.05) is 56.1 Å². The molecule has 1 fully saturated rings. The summed E-state index contributed by atoms with van der Waals surface area (Å²) in [5, 5.41) is 14.9. The number of nitrogens with one attached hydrogen (secondary N) is 1. The number of aryl methyl sites for hydroxylation is 1. The molecule has 9 nitrogen and oxygen atoms in total. The molecule has 0 saturated carbocycles. The minimum atomic E-state index is -0.485. The van der Waals surface area contributed by atoms with Gasteiger partial charge < -0.3 is 9.88 Å². The SMILES string of the molecule is Cc1ccc(C(=O)N2CCN(CC(CC#N)n3cc(-c4ncnc5[nH]ccc45)cn3)CC2)c(F)c1. The third-order valence-electron chi connectivity index (χ3n) is 6.41. The number of carbonyl (C=O) groups excluding carboxylic acids is 1. The van der Waals surface area contributed by atoms with Gasteiger partial charge in [0.2, 0.25) is 0 Å². The highest BCUT2D eigenvalue weighted by Gasteiger charge is 2.26. The molecule has 4 aromatic rings. The summed E-state index contributed by atoms with van der Waals surface area (Å²) in [7, 11) is 0. The first-order chi connectivity index (χ1) is 17.0. The molecule has 178 valence electrons. The maximum atomic E-state index is 14.3. The van der Waals surface area contributed by atoms with Crippen LogP contribution in [0, 0.1) is 24.1 Å². The van der Waals surface area contributed by atoms with Crippen molar-refractivity contribution < 1.29 is 9.18 Å². The van der Waals surface area contributed by atoms with Gasteiger partial charge in [-0.15, -0.1) is 0 Å². The van der Waals surface area contributed by atoms with Gasteiger partial charge in [-0.05, 0) is 30.7 Å². The second kappa shape index (κ2) is 9.64. The van der Waals surface area contributed by atoms with E-state index in [0.29, 0.717) is 39.1 Å². The summed E-state index contributed by atoms with van der Waals surface area (Å²) < 4.78 is 16.1. The van der Waals surface area contributed by atoms with Gasteiger partial charge in [0.1, 0.15) is 17.8 Å². The van der Waals surface area contributed by atoms with Gasteiger partial charge in [0.15, 0.2) is 0 Å². The van der Waals surface area contributed by atoms with Crippen LogP contribution in [0.4, 0.5) is 4.39 Å². The Kier molecular flexibility index (Phi) is 6.25. The second-order valence-corrected chi connectivity index (χ2v) is 8.76. The number of amides is 1. The van der Waals surface area contributed by atoms with Crippen LogP contribution in [-0.2, 0) is 0 Å². The van der Waals surface area contributed by atoms with Crippen molar-refractivity contribution in [3.8, 4) is 17.3 Å². The largest absolute Gasteiger partial charge is 0.346 e. The Labute approximate surface area is 201 Å². The number of aromatic amines is 1. The van der Waals surface area contributed by atoms with Crippen molar-refractivity contribution in [3.63, 3.8) is 0 Å². The van der Waals surface area contributed by atoms with Crippen molar-refractivity contribution in [2.75, 3.05) is 32.7 Å². The Morgan fingerprint density at radius 2 is 2.06 bits per heavy atom. The van der Waals surface area contributed by atoms with E-state index < -0.39 is 5.82 Å². The Morgan fingerprint density at radius 3 is 2.83 bits per heavy atom. The molecule has 1 N–H and O–H groups in total. The van der Waals surface area contributed by atoms with Crippen LogP contribution in [0.3, 0.4) is 0 Å². The molecule has 0 spiro atoms. The van der Waals surface area contributed by atoms with Crippen molar-refractivity contribution >= 4 is 16.9 Å². The fourth-order valence-corrected chi connectivity index (χ4v) is 4.51. The number of nitrogens with zero attached hydrogens (tertiary/aromatic N) is 7. The van der Waals surface area contributed by atoms with E-state index in [9.17, 15) is 14.4 Å². The van der Waals surface area contributed by atoms with E-state index >= 15 is 0 Å². The molecule has 3 aromatic heterocycles. The first-order valence-electron chi connectivity index (χ1n) is 11.5. The highest BCUT2D eigenvalue weighted by molar-refractivity contribution is 5.94. The lowest BCUT2D eigenvalue weighted by molar-refractivity contribution is 0.0613. The summed E-state index contributed by atoms with van der Waals surface area (Å²) in [6.07, 6.45) is 7.31. The zero-order valence-electron chi connectivity index (χ0n) is 19.4. The van der Waals surface area contributed by atoms with Gasteiger partial charge in [0.05, 0.1) is 36.0 Å². The fraction of sp³-hybridized carbons (Fsp3) is 0.320. The number of halogens is 1. The Bertz CT molecular complexity index is 1400. The average molecular weight is 473 g/mol. The molecule has 0 aliphatic carbocycles. The molecule has 1 aromatic carbocycles. The number of aromatic nitrogens is 5. The van der Waals surface area contributed by atoms with Crippen molar-refractivity contribution in [1.82, 2.24) is 34.5 Å². The molecule has 1 unspecified atom stereocenters. The lowest BCUT2D eigenvalue weighted by Crippen LogP contribution is -2.50. The molecule has 1 atom stereocenters. The molecule has 1 aliphatic rings. The molecule has 1 saturated heterocycles. The van der Waals surface area contributed by atoms with Gasteiger partial charge in [0.25, 0.3) is 5.91 Å². The highest BCUT2D eigenvalue weighted by Crippen LogP contribution is 2.26. The molecule has 0 radical (unpaired) electrons. The van der Waals surface area contributed by atoms with Crippen LogP contribution < -0.4 is 0 Å². The standard InChI is InChI=1S/C25H25FN8O/c1-17-2-3-20(22(26)12-17)25(35)33-10-8-32(9-11-33)15-19(4-6-27)34-14-18(13-31-34)23-21-5-7-28-24(21)30-16-29-23/h2-3,5,7,12-14,16,19H,4,8-11,15H2,1H3,(H,28,29,30). The molecule has 1 amide bonds. The van der Waals surface area contributed by atoms with Gasteiger partial charge in [-0.1, -0.05) is 6.07 Å². The van der Waals surface area contributed by atoms with Crippen LogP contribution >= 0.6 is 0 Å². The predicted octanol–water partition coefficient (Wildman–Crippen LogP) is 3.18. The minimum Gasteiger partial charge on any atom is -0.346 e. The van der Waals surface area contributed by atoms with Gasteiger partial charge >= 0.3 is 0 Å². The summed E-state index contributed by atoms with van der Waals surface area (Å²) >= 11 is 0. The van der Waals surface area contributed by atoms with Crippen molar-refractivity contribution in [2.24, 2.45) is 0 Å². The summed E-state index contributed by atoms with van der Waals surface area (Å²) in [4.78, 5) is 28.4. The number of fused-ring (bicyclic) bond motifs is 1. The first kappa shape index (κ1) is 22.7. The van der Waals surface area contributed by atoms with Crippen LogP contribution in [0.5, 0.6) is 0 Å². The molecule has 4 heterocycles. The summed E-state index contributed by atoms with van der Waals surface area (Å²) in [5.41, 5.74) is 3.29. The van der Waals surface area contributed by atoms with E-state index in [1.807, 2.05) is 23.1 Å². The van der Waals surface area contributed by atoms with Gasteiger partial charge in [-0.3, -0.25) is 14.4 Å². The smallest absolute Gasteiger partial charge is 0.256 e. The topological polar surface area (TPSA) is 107 Å². The van der Waals surface area contributed by atoms with E-state index in [1.165, 1.54) is 12.4 Å². The molecule has 0 bridgehead atoms. The summed E-state index contributed by atoms with van der Waals surface area (Å²) in [6, 6.07) is 8.74. The van der Waals surface area contributed by atoms with Crippen molar-refractivity contribution in [3.05, 3.63) is 66.1 Å². The lowest BCUT2D eigenvalue weighted by atomic mass is 10.1. The van der Waals surface area contributed by atoms with E-state index in [4.69, 9.17) is 0 Å². The molecule has 1 aliphatic heterocycles. The maximum Gasteiger partial charge on any atom is 0.256 e. The second-order valence-electron chi connectivity index (χ2n) is 8.76. The number of carbonyl (C=O) groups is 1. The molecular formula is C25H25FN8O. The predicted molar refractivity (Wildman–Crippen MR) is 128 cm³/mol. The Morgan fingerprint density at radius 1 is 1.23 bits per heavy atom. The number of hydrogen-bond acceptors (Lipinski definition) is 6. The van der Waals surface area contributed by atoms with E-state index in [2.05, 4.69) is 31.0 Å². The zero-order chi connectivity index (χ0) is 24.4. The van der Waals surface area contributed by atoms with Crippen LogP contribution in [0.15, 0.2) is 49.2 Å². The number of piperazine rings is 1. The number of rotatable bonds is 6. The van der Waals surface area contributed by atoms with E-state index in [0.717, 1.165) is 27.9 Å². The lowest BCUT2D eigenvalue weighted by Gasteiger charge is -2.36. The quantitative estimate of drug-likeness (QED) is 0.462. The summed E-state index contributed by atoms with van der Waals surface area (Å²) in [5.74, 6) is -0.769. The van der Waals surface area contributed by atoms with Crippen molar-refractivity contribution in [2.45, 2.75) is 19.4 Å². The summed E-state index contributed by atoms with van der Waals surface area (Å²) in [6.45, 7) is 4.71. The van der Waals surface area contributed by atoms with Crippen molar-refractivity contribution in [1.29, 1.82) is 5.26 Å². The molecule has 35 heavy (non-hydrogen) atoms. The molecule has 10 heteroatoms. The maximum absolute atomic E-state index is 14.3. The first-order valence-corrected chi connectivity index (χ1v) is 11.5. The number of hydrogen-bond donors (Lipinski definition) is 1. The molecule has 5 rings (SSSR count). The third-order valence-corrected chi connectivity index (χ3v) is 6.41. The number of nitriles is 1. The van der Waals surface area contributed by atoms with E-state index in [-0.39, 0.29) is 17.5 Å².